The normalized spacial score (nSPS) is 16.1. The smallest absolute Gasteiger partial charge is 0.226 e. The maximum absolute atomic E-state index is 11.9. The van der Waals surface area contributed by atoms with Crippen molar-refractivity contribution in [3.05, 3.63) is 0 Å². The Hall–Kier alpha value is -0.0500. The van der Waals surface area contributed by atoms with Gasteiger partial charge in [0.2, 0.25) is 5.91 Å². The Balaban J connectivity index is 4.45. The van der Waals surface area contributed by atoms with Gasteiger partial charge in [0.05, 0.1) is 0 Å². The van der Waals surface area contributed by atoms with E-state index in [0.29, 0.717) is 0 Å². The molecule has 0 aliphatic carbocycles. The molecule has 3 heteroatoms. The van der Waals surface area contributed by atoms with Gasteiger partial charge in [0.1, 0.15) is 0 Å². The van der Waals surface area contributed by atoms with Crippen LogP contribution < -0.4 is 5.32 Å². The first kappa shape index (κ1) is 13.9. The highest BCUT2D eigenvalue weighted by molar-refractivity contribution is 9.09. The summed E-state index contributed by atoms with van der Waals surface area (Å²) in [5.41, 5.74) is -0.387. The molecule has 0 heterocycles. The number of amides is 1. The molecule has 84 valence electrons. The highest BCUT2D eigenvalue weighted by atomic mass is 79.9. The van der Waals surface area contributed by atoms with Crippen LogP contribution in [0.15, 0.2) is 0 Å². The molecule has 0 aromatic carbocycles. The fourth-order valence-corrected chi connectivity index (χ4v) is 1.36. The Bertz CT molecular complexity index is 197. The van der Waals surface area contributed by atoms with Gasteiger partial charge < -0.3 is 5.32 Å². The van der Waals surface area contributed by atoms with Crippen molar-refractivity contribution < 1.29 is 4.79 Å². The lowest BCUT2D eigenvalue weighted by molar-refractivity contribution is -0.131. The van der Waals surface area contributed by atoms with Crippen LogP contribution in [0.25, 0.3) is 0 Å². The van der Waals surface area contributed by atoms with E-state index < -0.39 is 0 Å². The maximum Gasteiger partial charge on any atom is 0.226 e. The van der Waals surface area contributed by atoms with Gasteiger partial charge in [-0.2, -0.15) is 0 Å². The van der Waals surface area contributed by atoms with Gasteiger partial charge in [-0.3, -0.25) is 4.79 Å². The van der Waals surface area contributed by atoms with Gasteiger partial charge in [-0.1, -0.05) is 43.6 Å². The number of halogens is 1. The van der Waals surface area contributed by atoms with Crippen LogP contribution in [0.4, 0.5) is 0 Å². The average molecular weight is 264 g/mol. The molecular weight excluding hydrogens is 242 g/mol. The first-order chi connectivity index (χ1) is 6.31. The lowest BCUT2D eigenvalue weighted by Gasteiger charge is -2.32. The first-order valence-electron chi connectivity index (χ1n) is 5.20. The number of carbonyl (C=O) groups is 1. The Morgan fingerprint density at radius 3 is 2.00 bits per heavy atom. The molecule has 0 rings (SSSR count). The number of rotatable bonds is 5. The van der Waals surface area contributed by atoms with Crippen LogP contribution >= 0.6 is 15.9 Å². The van der Waals surface area contributed by atoms with E-state index in [1.54, 1.807) is 0 Å². The van der Waals surface area contributed by atoms with Crippen LogP contribution in [-0.2, 0) is 4.79 Å². The average Bonchev–Trinajstić information content (AvgIpc) is 2.17. The summed E-state index contributed by atoms with van der Waals surface area (Å²) < 4.78 is 0. The Morgan fingerprint density at radius 2 is 1.71 bits per heavy atom. The maximum atomic E-state index is 11.9. The quantitative estimate of drug-likeness (QED) is 0.759. The summed E-state index contributed by atoms with van der Waals surface area (Å²) >= 11 is 3.43. The van der Waals surface area contributed by atoms with E-state index in [0.717, 1.165) is 18.2 Å². The van der Waals surface area contributed by atoms with Crippen molar-refractivity contribution in [2.75, 3.05) is 5.33 Å². The summed E-state index contributed by atoms with van der Waals surface area (Å²) in [7, 11) is 0. The van der Waals surface area contributed by atoms with Crippen LogP contribution in [0.5, 0.6) is 0 Å². The summed E-state index contributed by atoms with van der Waals surface area (Å²) in [5, 5.41) is 3.89. The second-order valence-electron chi connectivity index (χ2n) is 4.74. The molecule has 2 nitrogen and oxygen atoms in total. The third-order valence-corrected chi connectivity index (χ3v) is 4.23. The van der Waals surface area contributed by atoms with Crippen molar-refractivity contribution in [2.24, 2.45) is 5.41 Å². The molecule has 1 unspecified atom stereocenters. The zero-order valence-corrected chi connectivity index (χ0v) is 11.5. The first-order valence-corrected chi connectivity index (χ1v) is 6.32. The van der Waals surface area contributed by atoms with Crippen LogP contribution in [0.1, 0.15) is 47.5 Å². The second kappa shape index (κ2) is 5.15. The predicted molar refractivity (Wildman–Crippen MR) is 64.7 cm³/mol. The van der Waals surface area contributed by atoms with Gasteiger partial charge in [0.25, 0.3) is 0 Å². The van der Waals surface area contributed by atoms with E-state index in [4.69, 9.17) is 0 Å². The molecule has 0 spiro atoms. The second-order valence-corrected chi connectivity index (χ2v) is 5.30. The van der Waals surface area contributed by atoms with Crippen molar-refractivity contribution >= 4 is 21.8 Å². The van der Waals surface area contributed by atoms with Gasteiger partial charge in [0.15, 0.2) is 0 Å². The summed E-state index contributed by atoms with van der Waals surface area (Å²) in [4.78, 5) is 11.9. The molecule has 0 aliphatic rings. The number of carbonyl (C=O) groups excluding carboxylic acids is 1. The third-order valence-electron chi connectivity index (χ3n) is 2.99. The van der Waals surface area contributed by atoms with Gasteiger partial charge in [0, 0.05) is 16.3 Å². The minimum absolute atomic E-state index is 0.122. The van der Waals surface area contributed by atoms with Gasteiger partial charge in [-0.05, 0) is 19.8 Å². The minimum Gasteiger partial charge on any atom is -0.350 e. The number of hydrogen-bond acceptors (Lipinski definition) is 1. The van der Waals surface area contributed by atoms with Crippen LogP contribution in [0.3, 0.4) is 0 Å². The van der Waals surface area contributed by atoms with Crippen LogP contribution in [0.2, 0.25) is 0 Å². The highest BCUT2D eigenvalue weighted by Gasteiger charge is 2.31. The standard InChI is InChI=1S/C11H22BrNO/c1-6-10(3,4)9(14)13-11(5,7-2)8-12/h6-8H2,1-5H3,(H,13,14). The van der Waals surface area contributed by atoms with E-state index in [9.17, 15) is 4.79 Å². The van der Waals surface area contributed by atoms with E-state index in [1.807, 2.05) is 20.8 Å². The minimum atomic E-state index is -0.265. The molecule has 0 aromatic rings. The zero-order valence-electron chi connectivity index (χ0n) is 9.91. The lowest BCUT2D eigenvalue weighted by atomic mass is 9.87. The Labute approximate surface area is 96.0 Å². The number of hydrogen-bond donors (Lipinski definition) is 1. The van der Waals surface area contributed by atoms with Crippen molar-refractivity contribution in [1.82, 2.24) is 5.32 Å². The number of alkyl halides is 1. The molecule has 1 atom stereocenters. The lowest BCUT2D eigenvalue weighted by Crippen LogP contribution is -2.51. The van der Waals surface area contributed by atoms with E-state index in [2.05, 4.69) is 35.1 Å². The van der Waals surface area contributed by atoms with Crippen molar-refractivity contribution in [3.8, 4) is 0 Å². The monoisotopic (exact) mass is 263 g/mol. The molecule has 1 N–H and O–H groups in total. The number of nitrogens with one attached hydrogen (secondary N) is 1. The fraction of sp³-hybridized carbons (Fsp3) is 0.909. The van der Waals surface area contributed by atoms with Crippen molar-refractivity contribution in [2.45, 2.75) is 53.0 Å². The fourth-order valence-electron chi connectivity index (χ4n) is 0.820. The van der Waals surface area contributed by atoms with Gasteiger partial charge >= 0.3 is 0 Å². The molecule has 0 fully saturated rings. The molecule has 0 radical (unpaired) electrons. The molecular formula is C11H22BrNO. The zero-order chi connectivity index (χ0) is 11.4. The molecule has 0 saturated carbocycles. The molecule has 14 heavy (non-hydrogen) atoms. The van der Waals surface area contributed by atoms with E-state index in [1.165, 1.54) is 0 Å². The topological polar surface area (TPSA) is 29.1 Å². The van der Waals surface area contributed by atoms with Gasteiger partial charge in [-0.25, -0.2) is 0 Å². The van der Waals surface area contributed by atoms with Crippen LogP contribution in [0, 0.1) is 5.41 Å². The Kier molecular flexibility index (Phi) is 5.13. The molecule has 0 saturated heterocycles. The van der Waals surface area contributed by atoms with Crippen LogP contribution in [-0.4, -0.2) is 16.8 Å². The molecule has 0 bridgehead atoms. The van der Waals surface area contributed by atoms with E-state index in [-0.39, 0.29) is 16.9 Å². The van der Waals surface area contributed by atoms with Crippen molar-refractivity contribution in [3.63, 3.8) is 0 Å². The summed E-state index contributed by atoms with van der Waals surface area (Å²) in [6.07, 6.45) is 1.80. The SMILES string of the molecule is CCC(C)(CBr)NC(=O)C(C)(C)CC. The molecule has 1 amide bonds. The summed E-state index contributed by atoms with van der Waals surface area (Å²) in [6, 6.07) is 0. The summed E-state index contributed by atoms with van der Waals surface area (Å²) in [5.74, 6) is 0.142. The third kappa shape index (κ3) is 3.60. The van der Waals surface area contributed by atoms with E-state index >= 15 is 0 Å². The molecule has 0 aliphatic heterocycles. The largest absolute Gasteiger partial charge is 0.350 e. The highest BCUT2D eigenvalue weighted by Crippen LogP contribution is 2.22. The Morgan fingerprint density at radius 1 is 1.21 bits per heavy atom. The summed E-state index contributed by atoms with van der Waals surface area (Å²) in [6.45, 7) is 10.1. The van der Waals surface area contributed by atoms with Gasteiger partial charge in [-0.15, -0.1) is 0 Å². The predicted octanol–water partition coefficient (Wildman–Crippen LogP) is 3.10. The molecule has 0 aromatic heterocycles. The van der Waals surface area contributed by atoms with Crippen molar-refractivity contribution in [1.29, 1.82) is 0 Å².